The number of rotatable bonds is 6. The van der Waals surface area contributed by atoms with Crippen LogP contribution in [0.5, 0.6) is 11.6 Å². The Balaban J connectivity index is 1.23. The van der Waals surface area contributed by atoms with E-state index in [1.807, 2.05) is 24.3 Å². The fraction of sp³-hybridized carbons (Fsp3) is 0.450. The van der Waals surface area contributed by atoms with Crippen molar-refractivity contribution in [3.63, 3.8) is 0 Å². The molecule has 1 aromatic heterocycles. The van der Waals surface area contributed by atoms with Gasteiger partial charge in [0.1, 0.15) is 11.9 Å². The number of aromatic nitrogens is 2. The summed E-state index contributed by atoms with van der Waals surface area (Å²) in [6.45, 7) is 2.62. The molecule has 2 N–H and O–H groups in total. The minimum Gasteiger partial charge on any atom is -0.493 e. The minimum absolute atomic E-state index is 0.109. The van der Waals surface area contributed by atoms with Gasteiger partial charge in [0.05, 0.1) is 5.69 Å². The third-order valence-electron chi connectivity index (χ3n) is 5.19. The number of nitrogens with one attached hydrogen (secondary N) is 1. The number of aryl methyl sites for hydroxylation is 1. The Labute approximate surface area is 152 Å². The Kier molecular flexibility index (Phi) is 4.84. The minimum atomic E-state index is -0.109. The average Bonchev–Trinajstić information content (AvgIpc) is 3.23. The van der Waals surface area contributed by atoms with E-state index in [0.717, 1.165) is 43.7 Å². The van der Waals surface area contributed by atoms with Crippen LogP contribution >= 0.6 is 0 Å². The lowest BCUT2D eigenvalue weighted by Gasteiger charge is -2.26. The third-order valence-corrected chi connectivity index (χ3v) is 5.19. The molecule has 0 radical (unpaired) electrons. The molecule has 2 aliphatic rings. The summed E-state index contributed by atoms with van der Waals surface area (Å²) < 4.78 is 9.12. The lowest BCUT2D eigenvalue weighted by atomic mass is 10.0. The Morgan fingerprint density at radius 3 is 3.04 bits per heavy atom. The maximum absolute atomic E-state index is 12.2. The van der Waals surface area contributed by atoms with Gasteiger partial charge in [-0.3, -0.25) is 9.13 Å². The first kappa shape index (κ1) is 17.0. The van der Waals surface area contributed by atoms with Gasteiger partial charge in [0.25, 0.3) is 0 Å². The summed E-state index contributed by atoms with van der Waals surface area (Å²) in [4.78, 5) is 12.2. The van der Waals surface area contributed by atoms with Crippen molar-refractivity contribution in [2.24, 2.45) is 0 Å². The zero-order chi connectivity index (χ0) is 17.9. The highest BCUT2D eigenvalue weighted by molar-refractivity contribution is 5.35. The molecule has 1 atom stereocenters. The standard InChI is InChI=1S/C20H25N3O3/c24-19-17-7-5-13-22(17)20(25)23(19)12-4-3-11-21-14-16-10-9-15-6-1-2-8-18(15)26-16/h1-4,6,8,16,21,24H,5,7,9-14H2/b4-3-. The van der Waals surface area contributed by atoms with Gasteiger partial charge in [-0.05, 0) is 37.3 Å². The molecule has 26 heavy (non-hydrogen) atoms. The first-order valence-corrected chi connectivity index (χ1v) is 9.35. The maximum atomic E-state index is 12.2. The first-order valence-electron chi connectivity index (χ1n) is 9.35. The van der Waals surface area contributed by atoms with E-state index in [1.54, 1.807) is 4.57 Å². The molecule has 6 nitrogen and oxygen atoms in total. The van der Waals surface area contributed by atoms with Gasteiger partial charge < -0.3 is 15.2 Å². The van der Waals surface area contributed by atoms with E-state index in [9.17, 15) is 9.90 Å². The summed E-state index contributed by atoms with van der Waals surface area (Å²) in [5, 5.41) is 13.5. The molecule has 138 valence electrons. The molecule has 0 saturated heterocycles. The Bertz CT molecular complexity index is 866. The number of allylic oxidation sites excluding steroid dienone is 1. The lowest BCUT2D eigenvalue weighted by molar-refractivity contribution is 0.172. The molecule has 0 amide bonds. The second-order valence-corrected chi connectivity index (χ2v) is 6.93. The summed E-state index contributed by atoms with van der Waals surface area (Å²) in [5.74, 6) is 1.12. The molecule has 0 saturated carbocycles. The first-order chi connectivity index (χ1) is 12.7. The number of nitrogens with zero attached hydrogens (tertiary/aromatic N) is 2. The van der Waals surface area contributed by atoms with Crippen LogP contribution in [0, 0.1) is 0 Å². The van der Waals surface area contributed by atoms with Crippen LogP contribution in [0.1, 0.15) is 24.1 Å². The zero-order valence-electron chi connectivity index (χ0n) is 14.9. The average molecular weight is 355 g/mol. The van der Waals surface area contributed by atoms with E-state index in [1.165, 1.54) is 10.1 Å². The van der Waals surface area contributed by atoms with Gasteiger partial charge in [0.15, 0.2) is 0 Å². The molecule has 6 heteroatoms. The molecule has 2 aromatic rings. The van der Waals surface area contributed by atoms with Crippen molar-refractivity contribution in [1.82, 2.24) is 14.5 Å². The summed E-state index contributed by atoms with van der Waals surface area (Å²) in [5.41, 5.74) is 1.95. The number of ether oxygens (including phenoxy) is 1. The molecule has 1 aromatic carbocycles. The fourth-order valence-corrected chi connectivity index (χ4v) is 3.79. The van der Waals surface area contributed by atoms with Crippen molar-refractivity contribution in [3.05, 3.63) is 58.2 Å². The monoisotopic (exact) mass is 355 g/mol. The van der Waals surface area contributed by atoms with Gasteiger partial charge in [-0.2, -0.15) is 0 Å². The fourth-order valence-electron chi connectivity index (χ4n) is 3.79. The third kappa shape index (κ3) is 3.29. The van der Waals surface area contributed by atoms with Gasteiger partial charge in [0.2, 0.25) is 5.88 Å². The lowest BCUT2D eigenvalue weighted by Crippen LogP contribution is -2.34. The van der Waals surface area contributed by atoms with Crippen LogP contribution in [0.25, 0.3) is 0 Å². The summed E-state index contributed by atoms with van der Waals surface area (Å²) >= 11 is 0. The molecule has 1 unspecified atom stereocenters. The van der Waals surface area contributed by atoms with Crippen molar-refractivity contribution < 1.29 is 9.84 Å². The van der Waals surface area contributed by atoms with Crippen molar-refractivity contribution >= 4 is 0 Å². The molecule has 2 aliphatic heterocycles. The molecule has 4 rings (SSSR count). The van der Waals surface area contributed by atoms with Crippen molar-refractivity contribution in [3.8, 4) is 11.6 Å². The normalized spacial score (nSPS) is 18.7. The number of fused-ring (bicyclic) bond motifs is 2. The smallest absolute Gasteiger partial charge is 0.331 e. The van der Waals surface area contributed by atoms with Crippen LogP contribution in [0.3, 0.4) is 0 Å². The van der Waals surface area contributed by atoms with Gasteiger partial charge >= 0.3 is 5.69 Å². The predicted octanol–water partition coefficient (Wildman–Crippen LogP) is 1.84. The molecule has 0 spiro atoms. The number of hydrogen-bond acceptors (Lipinski definition) is 4. The predicted molar refractivity (Wildman–Crippen MR) is 99.9 cm³/mol. The molecule has 3 heterocycles. The van der Waals surface area contributed by atoms with Gasteiger partial charge in [-0.15, -0.1) is 0 Å². The summed E-state index contributed by atoms with van der Waals surface area (Å²) in [7, 11) is 0. The van der Waals surface area contributed by atoms with Crippen LogP contribution in [-0.4, -0.2) is 33.4 Å². The van der Waals surface area contributed by atoms with Crippen LogP contribution in [0.4, 0.5) is 0 Å². The van der Waals surface area contributed by atoms with Crippen LogP contribution in [-0.2, 0) is 25.9 Å². The molecular formula is C20H25N3O3. The highest BCUT2D eigenvalue weighted by atomic mass is 16.5. The molecular weight excluding hydrogens is 330 g/mol. The summed E-state index contributed by atoms with van der Waals surface area (Å²) in [6.07, 6.45) is 7.90. The second-order valence-electron chi connectivity index (χ2n) is 6.93. The Morgan fingerprint density at radius 1 is 1.27 bits per heavy atom. The summed E-state index contributed by atoms with van der Waals surface area (Å²) in [6, 6.07) is 8.21. The number of benzene rings is 1. The number of aromatic hydroxyl groups is 1. The van der Waals surface area contributed by atoms with E-state index >= 15 is 0 Å². The quantitative estimate of drug-likeness (QED) is 0.613. The highest BCUT2D eigenvalue weighted by Gasteiger charge is 2.22. The Morgan fingerprint density at radius 2 is 2.15 bits per heavy atom. The largest absolute Gasteiger partial charge is 0.493 e. The topological polar surface area (TPSA) is 68.4 Å². The SMILES string of the molecule is O=c1n(C/C=C\CNCC2CCc3ccccc3O2)c(O)c2n1CCC2. The molecule has 0 bridgehead atoms. The number of para-hydroxylation sites is 1. The number of hydrogen-bond donors (Lipinski definition) is 2. The van der Waals surface area contributed by atoms with Gasteiger partial charge in [0, 0.05) is 26.2 Å². The zero-order valence-corrected chi connectivity index (χ0v) is 14.9. The van der Waals surface area contributed by atoms with Crippen LogP contribution in [0.15, 0.2) is 41.2 Å². The van der Waals surface area contributed by atoms with Crippen LogP contribution in [0.2, 0.25) is 0 Å². The molecule has 0 aliphatic carbocycles. The highest BCUT2D eigenvalue weighted by Crippen LogP contribution is 2.26. The van der Waals surface area contributed by atoms with E-state index in [-0.39, 0.29) is 17.7 Å². The van der Waals surface area contributed by atoms with Crippen molar-refractivity contribution in [2.75, 3.05) is 13.1 Å². The van der Waals surface area contributed by atoms with E-state index < -0.39 is 0 Å². The maximum Gasteiger partial charge on any atom is 0.331 e. The van der Waals surface area contributed by atoms with Crippen molar-refractivity contribution in [2.45, 2.75) is 44.9 Å². The van der Waals surface area contributed by atoms with E-state index in [2.05, 4.69) is 17.4 Å². The van der Waals surface area contributed by atoms with E-state index in [0.29, 0.717) is 19.6 Å². The second kappa shape index (κ2) is 7.41. The van der Waals surface area contributed by atoms with Crippen LogP contribution < -0.4 is 15.7 Å². The number of imidazole rings is 1. The van der Waals surface area contributed by atoms with Gasteiger partial charge in [-0.25, -0.2) is 4.79 Å². The van der Waals surface area contributed by atoms with Crippen molar-refractivity contribution in [1.29, 1.82) is 0 Å². The molecule has 0 fully saturated rings. The van der Waals surface area contributed by atoms with Gasteiger partial charge in [-0.1, -0.05) is 30.4 Å². The van der Waals surface area contributed by atoms with E-state index in [4.69, 9.17) is 4.74 Å². The Hall–Kier alpha value is -2.47.